The van der Waals surface area contributed by atoms with E-state index in [1.807, 2.05) is 30.7 Å². The van der Waals surface area contributed by atoms with E-state index in [1.165, 1.54) is 5.39 Å². The molecule has 1 aromatic carbocycles. The molecule has 0 aliphatic rings. The summed E-state index contributed by atoms with van der Waals surface area (Å²) >= 11 is 0. The number of fused-ring (bicyclic) bond motifs is 1. The Morgan fingerprint density at radius 1 is 1.14 bits per heavy atom. The van der Waals surface area contributed by atoms with E-state index in [9.17, 15) is 0 Å². The molecule has 0 aliphatic carbocycles. The quantitative estimate of drug-likeness (QED) is 0.656. The number of benzene rings is 1. The lowest BCUT2D eigenvalue weighted by atomic mass is 10.2. The molecule has 0 saturated carbocycles. The lowest BCUT2D eigenvalue weighted by molar-refractivity contribution is -0.874. The highest BCUT2D eigenvalue weighted by molar-refractivity contribution is 5.75. The van der Waals surface area contributed by atoms with Crippen LogP contribution in [-0.4, -0.2) is 6.61 Å². The third-order valence-electron chi connectivity index (χ3n) is 2.24. The summed E-state index contributed by atoms with van der Waals surface area (Å²) in [6, 6.07) is 12.4. The number of rotatable bonds is 2. The topological polar surface area (TPSA) is 13.1 Å². The molecule has 1 aromatic heterocycles. The van der Waals surface area contributed by atoms with Gasteiger partial charge in [-0.25, -0.2) is 0 Å². The Kier molecular flexibility index (Phi) is 2.35. The molecule has 0 atom stereocenters. The number of hydrogen-bond acceptors (Lipinski definition) is 1. The normalized spacial score (nSPS) is 10.4. The minimum absolute atomic E-state index is 0.680. The van der Waals surface area contributed by atoms with Gasteiger partial charge in [0, 0.05) is 23.8 Å². The van der Waals surface area contributed by atoms with Crippen LogP contribution < -0.4 is 9.57 Å². The van der Waals surface area contributed by atoms with Crippen LogP contribution in [0.25, 0.3) is 10.9 Å². The van der Waals surface area contributed by atoms with E-state index in [4.69, 9.17) is 4.84 Å². The zero-order valence-corrected chi connectivity index (χ0v) is 8.53. The van der Waals surface area contributed by atoms with Gasteiger partial charge in [-0.15, -0.1) is 0 Å². The fourth-order valence-corrected chi connectivity index (χ4v) is 1.58. The van der Waals surface area contributed by atoms with Gasteiger partial charge in [0.15, 0.2) is 6.61 Å². The molecule has 0 radical (unpaired) electrons. The summed E-state index contributed by atoms with van der Waals surface area (Å²) in [4.78, 5) is 5.57. The van der Waals surface area contributed by atoms with Crippen LogP contribution in [0.5, 0.6) is 0 Å². The average Bonchev–Trinajstić information content (AvgIpc) is 2.23. The van der Waals surface area contributed by atoms with Gasteiger partial charge in [0.25, 0.3) is 5.52 Å². The van der Waals surface area contributed by atoms with Crippen molar-refractivity contribution in [3.63, 3.8) is 0 Å². The van der Waals surface area contributed by atoms with E-state index in [0.717, 1.165) is 11.2 Å². The number of para-hydroxylation sites is 1. The highest BCUT2D eigenvalue weighted by Crippen LogP contribution is 2.09. The molecule has 2 nitrogen and oxygen atoms in total. The van der Waals surface area contributed by atoms with Crippen LogP contribution in [0.2, 0.25) is 0 Å². The first-order chi connectivity index (χ1) is 6.83. The predicted octanol–water partition coefficient (Wildman–Crippen LogP) is 1.88. The Balaban J connectivity index is 2.69. The van der Waals surface area contributed by atoms with Crippen molar-refractivity contribution >= 4 is 10.9 Å². The molecule has 0 fully saturated rings. The molecule has 0 spiro atoms. The summed E-state index contributed by atoms with van der Waals surface area (Å²) in [6.45, 7) is 4.72. The first-order valence-electron chi connectivity index (χ1n) is 4.86. The van der Waals surface area contributed by atoms with Crippen LogP contribution in [0, 0.1) is 6.92 Å². The largest absolute Gasteiger partial charge is 0.271 e. The molecular formula is C12H14NO+. The molecular weight excluding hydrogens is 174 g/mol. The third-order valence-corrected chi connectivity index (χ3v) is 2.24. The van der Waals surface area contributed by atoms with Crippen molar-refractivity contribution in [2.24, 2.45) is 0 Å². The van der Waals surface area contributed by atoms with Gasteiger partial charge in [0.2, 0.25) is 5.69 Å². The molecule has 0 amide bonds. The lowest BCUT2D eigenvalue weighted by Gasteiger charge is -2.01. The Bertz CT molecular complexity index is 451. The van der Waals surface area contributed by atoms with E-state index in [2.05, 4.69) is 24.3 Å². The number of aryl methyl sites for hydroxylation is 1. The fourth-order valence-electron chi connectivity index (χ4n) is 1.58. The summed E-state index contributed by atoms with van der Waals surface area (Å²) in [7, 11) is 0. The summed E-state index contributed by atoms with van der Waals surface area (Å²) in [5, 5.41) is 1.20. The molecule has 0 saturated heterocycles. The van der Waals surface area contributed by atoms with Gasteiger partial charge in [-0.2, -0.15) is 0 Å². The van der Waals surface area contributed by atoms with Crippen LogP contribution >= 0.6 is 0 Å². The predicted molar refractivity (Wildman–Crippen MR) is 56.0 cm³/mol. The lowest BCUT2D eigenvalue weighted by Crippen LogP contribution is -2.45. The summed E-state index contributed by atoms with van der Waals surface area (Å²) in [6.07, 6.45) is 0. The maximum Gasteiger partial charge on any atom is 0.264 e. The number of hydrogen-bond donors (Lipinski definition) is 0. The van der Waals surface area contributed by atoms with Gasteiger partial charge in [-0.1, -0.05) is 12.1 Å². The second-order valence-electron chi connectivity index (χ2n) is 3.25. The Labute approximate surface area is 83.7 Å². The first kappa shape index (κ1) is 9.00. The van der Waals surface area contributed by atoms with Gasteiger partial charge < -0.3 is 0 Å². The van der Waals surface area contributed by atoms with Gasteiger partial charge in [-0.05, 0) is 19.1 Å². The zero-order chi connectivity index (χ0) is 9.97. The SMILES string of the molecule is CCO[n+]1c(C)ccc2ccccc21. The van der Waals surface area contributed by atoms with Gasteiger partial charge in [-0.3, -0.25) is 4.84 Å². The van der Waals surface area contributed by atoms with Gasteiger partial charge in [0.05, 0.1) is 5.39 Å². The van der Waals surface area contributed by atoms with Crippen LogP contribution in [-0.2, 0) is 0 Å². The van der Waals surface area contributed by atoms with Crippen LogP contribution in [0.15, 0.2) is 36.4 Å². The smallest absolute Gasteiger partial charge is 0.264 e. The van der Waals surface area contributed by atoms with Crippen LogP contribution in [0.3, 0.4) is 0 Å². The minimum Gasteiger partial charge on any atom is -0.271 e. The molecule has 2 rings (SSSR count). The van der Waals surface area contributed by atoms with Crippen LogP contribution in [0.1, 0.15) is 12.6 Å². The first-order valence-corrected chi connectivity index (χ1v) is 4.86. The van der Waals surface area contributed by atoms with Crippen molar-refractivity contribution in [1.82, 2.24) is 0 Å². The molecule has 72 valence electrons. The molecule has 2 heteroatoms. The summed E-state index contributed by atoms with van der Waals surface area (Å²) in [5.41, 5.74) is 2.24. The highest BCUT2D eigenvalue weighted by atomic mass is 16.7. The maximum absolute atomic E-state index is 5.57. The van der Waals surface area contributed by atoms with E-state index in [0.29, 0.717) is 6.61 Å². The van der Waals surface area contributed by atoms with E-state index in [1.54, 1.807) is 0 Å². The molecule has 0 bridgehead atoms. The molecule has 0 N–H and O–H groups in total. The zero-order valence-electron chi connectivity index (χ0n) is 8.53. The second-order valence-corrected chi connectivity index (χ2v) is 3.25. The van der Waals surface area contributed by atoms with Crippen molar-refractivity contribution in [2.45, 2.75) is 13.8 Å². The standard InChI is InChI=1S/C12H14NO/c1-3-14-13-10(2)8-9-11-6-4-5-7-12(11)13/h4-9H,3H2,1-2H3/q+1. The Morgan fingerprint density at radius 2 is 1.93 bits per heavy atom. The third kappa shape index (κ3) is 1.43. The second kappa shape index (κ2) is 3.66. The van der Waals surface area contributed by atoms with Crippen molar-refractivity contribution in [2.75, 3.05) is 6.61 Å². The van der Waals surface area contributed by atoms with Gasteiger partial charge in [0.1, 0.15) is 0 Å². The molecule has 0 unspecified atom stereocenters. The monoisotopic (exact) mass is 188 g/mol. The van der Waals surface area contributed by atoms with E-state index >= 15 is 0 Å². The summed E-state index contributed by atoms with van der Waals surface area (Å²) < 4.78 is 1.88. The minimum atomic E-state index is 0.680. The molecule has 14 heavy (non-hydrogen) atoms. The highest BCUT2D eigenvalue weighted by Gasteiger charge is 2.12. The van der Waals surface area contributed by atoms with Crippen molar-refractivity contribution in [3.05, 3.63) is 42.1 Å². The van der Waals surface area contributed by atoms with Gasteiger partial charge >= 0.3 is 0 Å². The number of aromatic nitrogens is 1. The number of pyridine rings is 1. The van der Waals surface area contributed by atoms with Crippen molar-refractivity contribution in [1.29, 1.82) is 0 Å². The van der Waals surface area contributed by atoms with Crippen LogP contribution in [0.4, 0.5) is 0 Å². The van der Waals surface area contributed by atoms with E-state index in [-0.39, 0.29) is 0 Å². The Hall–Kier alpha value is -1.57. The maximum atomic E-state index is 5.57. The fraction of sp³-hybridized carbons (Fsp3) is 0.250. The molecule has 2 aromatic rings. The van der Waals surface area contributed by atoms with Crippen molar-refractivity contribution < 1.29 is 9.57 Å². The molecule has 1 heterocycles. The van der Waals surface area contributed by atoms with E-state index < -0.39 is 0 Å². The number of nitrogens with zero attached hydrogens (tertiary/aromatic N) is 1. The Morgan fingerprint density at radius 3 is 2.71 bits per heavy atom. The van der Waals surface area contributed by atoms with Crippen molar-refractivity contribution in [3.8, 4) is 0 Å². The summed E-state index contributed by atoms with van der Waals surface area (Å²) in [5.74, 6) is 0. The molecule has 0 aliphatic heterocycles. The average molecular weight is 188 g/mol.